The Morgan fingerprint density at radius 2 is 2.29 bits per heavy atom. The van der Waals surface area contributed by atoms with E-state index in [4.69, 9.17) is 21.8 Å². The van der Waals surface area contributed by atoms with Gasteiger partial charge >= 0.3 is 0 Å². The van der Waals surface area contributed by atoms with Crippen LogP contribution < -0.4 is 5.32 Å². The monoisotopic (exact) mass is 235 g/mol. The van der Waals surface area contributed by atoms with Crippen molar-refractivity contribution in [3.8, 4) is 0 Å². The second-order valence-electron chi connectivity index (χ2n) is 3.00. The molecule has 1 aromatic heterocycles. The van der Waals surface area contributed by atoms with Crippen LogP contribution in [0.2, 0.25) is 4.34 Å². The highest BCUT2D eigenvalue weighted by atomic mass is 35.5. The van der Waals surface area contributed by atoms with Gasteiger partial charge in [0, 0.05) is 18.0 Å². The lowest BCUT2D eigenvalue weighted by Crippen LogP contribution is -2.30. The molecule has 3 N–H and O–H groups in total. The molecular weight excluding hydrogens is 222 g/mol. The van der Waals surface area contributed by atoms with Gasteiger partial charge in [0.05, 0.1) is 17.0 Å². The lowest BCUT2D eigenvalue weighted by atomic mass is 10.3. The van der Waals surface area contributed by atoms with Gasteiger partial charge in [0.1, 0.15) is 0 Å². The lowest BCUT2D eigenvalue weighted by molar-refractivity contribution is 0.0947. The van der Waals surface area contributed by atoms with Gasteiger partial charge in [0.25, 0.3) is 0 Å². The van der Waals surface area contributed by atoms with Crippen molar-refractivity contribution < 1.29 is 10.2 Å². The summed E-state index contributed by atoms with van der Waals surface area (Å²) >= 11 is 7.34. The van der Waals surface area contributed by atoms with E-state index in [1.54, 1.807) is 11.3 Å². The molecule has 0 saturated carbocycles. The predicted molar refractivity (Wildman–Crippen MR) is 59.0 cm³/mol. The van der Waals surface area contributed by atoms with E-state index in [1.165, 1.54) is 4.88 Å². The molecule has 14 heavy (non-hydrogen) atoms. The molecule has 3 nitrogen and oxygen atoms in total. The van der Waals surface area contributed by atoms with E-state index < -0.39 is 6.10 Å². The van der Waals surface area contributed by atoms with E-state index in [0.717, 1.165) is 17.3 Å². The Morgan fingerprint density at radius 3 is 2.86 bits per heavy atom. The van der Waals surface area contributed by atoms with E-state index in [1.807, 2.05) is 12.1 Å². The first-order valence-electron chi connectivity index (χ1n) is 4.46. The molecule has 1 rings (SSSR count). The van der Waals surface area contributed by atoms with Crippen LogP contribution in [0.5, 0.6) is 0 Å². The maximum absolute atomic E-state index is 9.03. The van der Waals surface area contributed by atoms with Crippen molar-refractivity contribution in [2.75, 3.05) is 19.7 Å². The molecule has 0 spiro atoms. The van der Waals surface area contributed by atoms with E-state index >= 15 is 0 Å². The second-order valence-corrected chi connectivity index (χ2v) is 4.80. The summed E-state index contributed by atoms with van der Waals surface area (Å²) in [4.78, 5) is 1.22. The van der Waals surface area contributed by atoms with E-state index in [0.29, 0.717) is 6.54 Å². The van der Waals surface area contributed by atoms with Crippen molar-refractivity contribution in [2.45, 2.75) is 12.5 Å². The topological polar surface area (TPSA) is 52.5 Å². The standard InChI is InChI=1S/C9H14ClNO2S/c10-9-2-1-8(14-9)3-4-11-5-7(13)6-12/h1-2,7,11-13H,3-6H2/t7-/m0/s1. The first-order chi connectivity index (χ1) is 6.72. The van der Waals surface area contributed by atoms with Gasteiger partial charge in [-0.25, -0.2) is 0 Å². The minimum atomic E-state index is -0.665. The van der Waals surface area contributed by atoms with Crippen LogP contribution in [0.25, 0.3) is 0 Å². The van der Waals surface area contributed by atoms with E-state index in [9.17, 15) is 0 Å². The van der Waals surface area contributed by atoms with Gasteiger partial charge < -0.3 is 15.5 Å². The molecule has 0 aromatic carbocycles. The number of aliphatic hydroxyl groups is 2. The summed E-state index contributed by atoms with van der Waals surface area (Å²) in [5, 5.41) is 20.6. The van der Waals surface area contributed by atoms with Crippen LogP contribution in [-0.4, -0.2) is 36.0 Å². The molecule has 5 heteroatoms. The van der Waals surface area contributed by atoms with Crippen LogP contribution in [0, 0.1) is 0 Å². The molecule has 0 fully saturated rings. The van der Waals surface area contributed by atoms with Gasteiger partial charge in [-0.1, -0.05) is 11.6 Å². The molecule has 1 atom stereocenters. The second kappa shape index (κ2) is 6.37. The summed E-state index contributed by atoms with van der Waals surface area (Å²) in [5.41, 5.74) is 0. The summed E-state index contributed by atoms with van der Waals surface area (Å²) in [6.45, 7) is 1.02. The average Bonchev–Trinajstić information content (AvgIpc) is 2.58. The number of aliphatic hydroxyl groups excluding tert-OH is 2. The van der Waals surface area contributed by atoms with Crippen molar-refractivity contribution in [3.05, 3.63) is 21.3 Å². The number of hydrogen-bond donors (Lipinski definition) is 3. The minimum absolute atomic E-state index is 0.197. The fourth-order valence-electron chi connectivity index (χ4n) is 1.03. The largest absolute Gasteiger partial charge is 0.394 e. The summed E-state index contributed by atoms with van der Waals surface area (Å²) in [7, 11) is 0. The predicted octanol–water partition coefficient (Wildman–Crippen LogP) is 0.887. The van der Waals surface area contributed by atoms with Gasteiger partial charge in [-0.15, -0.1) is 11.3 Å². The van der Waals surface area contributed by atoms with Crippen molar-refractivity contribution in [3.63, 3.8) is 0 Å². The summed E-state index contributed by atoms with van der Waals surface area (Å²) in [6.07, 6.45) is 0.233. The molecule has 0 amide bonds. The van der Waals surface area contributed by atoms with Crippen LogP contribution in [0.4, 0.5) is 0 Å². The highest BCUT2D eigenvalue weighted by Crippen LogP contribution is 2.21. The van der Waals surface area contributed by atoms with Crippen molar-refractivity contribution in [2.24, 2.45) is 0 Å². The quantitative estimate of drug-likeness (QED) is 0.642. The van der Waals surface area contributed by atoms with Gasteiger partial charge in [0.15, 0.2) is 0 Å². The average molecular weight is 236 g/mol. The smallest absolute Gasteiger partial charge is 0.0931 e. The van der Waals surface area contributed by atoms with E-state index in [-0.39, 0.29) is 6.61 Å². The summed E-state index contributed by atoms with van der Waals surface area (Å²) in [6, 6.07) is 3.88. The highest BCUT2D eigenvalue weighted by molar-refractivity contribution is 7.16. The van der Waals surface area contributed by atoms with Crippen LogP contribution >= 0.6 is 22.9 Å². The van der Waals surface area contributed by atoms with Crippen LogP contribution in [-0.2, 0) is 6.42 Å². The Labute approximate surface area is 92.3 Å². The highest BCUT2D eigenvalue weighted by Gasteiger charge is 2.01. The van der Waals surface area contributed by atoms with Gasteiger partial charge in [-0.3, -0.25) is 0 Å². The molecule has 0 saturated heterocycles. The van der Waals surface area contributed by atoms with Crippen LogP contribution in [0.15, 0.2) is 12.1 Å². The molecule has 0 bridgehead atoms. The Kier molecular flexibility index (Phi) is 5.44. The Morgan fingerprint density at radius 1 is 1.50 bits per heavy atom. The zero-order valence-corrected chi connectivity index (χ0v) is 9.31. The van der Waals surface area contributed by atoms with Crippen molar-refractivity contribution in [1.29, 1.82) is 0 Å². The Hall–Kier alpha value is -0.130. The lowest BCUT2D eigenvalue weighted by Gasteiger charge is -2.07. The third kappa shape index (κ3) is 4.39. The zero-order valence-electron chi connectivity index (χ0n) is 7.74. The SMILES string of the molecule is OC[C@@H](O)CNCCc1ccc(Cl)s1. The number of nitrogens with one attached hydrogen (secondary N) is 1. The molecule has 0 aliphatic heterocycles. The fraction of sp³-hybridized carbons (Fsp3) is 0.556. The normalized spacial score (nSPS) is 13.1. The molecule has 0 radical (unpaired) electrons. The van der Waals surface area contributed by atoms with Crippen molar-refractivity contribution in [1.82, 2.24) is 5.32 Å². The molecule has 1 heterocycles. The molecule has 0 aliphatic rings. The molecule has 0 unspecified atom stereocenters. The number of halogens is 1. The van der Waals surface area contributed by atoms with Gasteiger partial charge in [0.2, 0.25) is 0 Å². The minimum Gasteiger partial charge on any atom is -0.394 e. The number of thiophene rings is 1. The molecule has 1 aromatic rings. The number of hydrogen-bond acceptors (Lipinski definition) is 4. The maximum Gasteiger partial charge on any atom is 0.0931 e. The number of rotatable bonds is 6. The third-order valence-corrected chi connectivity index (χ3v) is 3.06. The van der Waals surface area contributed by atoms with E-state index in [2.05, 4.69) is 5.32 Å². The molecular formula is C9H14ClNO2S. The first kappa shape index (κ1) is 11.9. The Balaban J connectivity index is 2.10. The third-order valence-electron chi connectivity index (χ3n) is 1.77. The first-order valence-corrected chi connectivity index (χ1v) is 5.65. The maximum atomic E-state index is 9.03. The zero-order chi connectivity index (χ0) is 10.4. The summed E-state index contributed by atoms with van der Waals surface area (Å²) in [5.74, 6) is 0. The fourth-order valence-corrected chi connectivity index (χ4v) is 2.12. The summed E-state index contributed by atoms with van der Waals surface area (Å²) < 4.78 is 0.801. The molecule has 0 aliphatic carbocycles. The molecule has 80 valence electrons. The van der Waals surface area contributed by atoms with Gasteiger partial charge in [-0.05, 0) is 18.6 Å². The van der Waals surface area contributed by atoms with Gasteiger partial charge in [-0.2, -0.15) is 0 Å². The van der Waals surface area contributed by atoms with Crippen LogP contribution in [0.1, 0.15) is 4.88 Å². The van der Waals surface area contributed by atoms with Crippen LogP contribution in [0.3, 0.4) is 0 Å². The van der Waals surface area contributed by atoms with Crippen molar-refractivity contribution >= 4 is 22.9 Å². The Bertz CT molecular complexity index is 267.